The predicted octanol–water partition coefficient (Wildman–Crippen LogP) is 4.53. The zero-order chi connectivity index (χ0) is 16.9. The molecule has 5 atom stereocenters. The zero-order valence-corrected chi connectivity index (χ0v) is 15.8. The normalized spacial score (nSPS) is 44.3. The van der Waals surface area contributed by atoms with Crippen LogP contribution in [0.4, 0.5) is 0 Å². The van der Waals surface area contributed by atoms with Gasteiger partial charge in [-0.15, -0.1) is 0 Å². The van der Waals surface area contributed by atoms with Crippen LogP contribution in [0.5, 0.6) is 0 Å². The molecule has 0 radical (unpaired) electrons. The number of hydrogen-bond donors (Lipinski definition) is 1. The van der Waals surface area contributed by atoms with Crippen LogP contribution in [-0.4, -0.2) is 29.0 Å². The van der Waals surface area contributed by atoms with Crippen molar-refractivity contribution in [3.63, 3.8) is 0 Å². The van der Waals surface area contributed by atoms with Gasteiger partial charge in [-0.3, -0.25) is 4.79 Å². The van der Waals surface area contributed by atoms with Gasteiger partial charge in [0.25, 0.3) is 0 Å². The van der Waals surface area contributed by atoms with Crippen LogP contribution in [0.3, 0.4) is 0 Å². The topological polar surface area (TPSA) is 37.3 Å². The Hall–Kier alpha value is -0.540. The quantitative estimate of drug-likeness (QED) is 0.763. The lowest BCUT2D eigenvalue weighted by molar-refractivity contribution is -0.115. The molecule has 2 nitrogen and oxygen atoms in total. The number of allylic oxidation sites excluding steroid dienone is 4. The van der Waals surface area contributed by atoms with Crippen molar-refractivity contribution in [1.29, 1.82) is 0 Å². The van der Waals surface area contributed by atoms with Gasteiger partial charge in [0.2, 0.25) is 0 Å². The van der Waals surface area contributed by atoms with Gasteiger partial charge in [0.05, 0.1) is 6.10 Å². The van der Waals surface area contributed by atoms with Gasteiger partial charge in [-0.2, -0.15) is 11.8 Å². The smallest absolute Gasteiger partial charge is 0.155 e. The molecule has 132 valence electrons. The third-order valence-corrected chi connectivity index (χ3v) is 8.38. The standard InChI is InChI=1S/C21H30O2S/c1-20-9-8-18-16(17(20)5-6-19(20)23)4-3-14-13-15(22)7-10-21(14,18)11-12-24-2/h8,13,16-17,19,23H,3-7,9-12H2,1-2H3/t16-,17-,19-,20-,21+/m0/s1. The highest BCUT2D eigenvalue weighted by Gasteiger charge is 2.56. The maximum atomic E-state index is 12.0. The third kappa shape index (κ3) is 2.30. The third-order valence-electron chi connectivity index (χ3n) is 7.76. The maximum absolute atomic E-state index is 12.0. The summed E-state index contributed by atoms with van der Waals surface area (Å²) in [4.78, 5) is 12.0. The molecule has 0 amide bonds. The minimum atomic E-state index is -0.132. The summed E-state index contributed by atoms with van der Waals surface area (Å²) in [5, 5.41) is 10.6. The van der Waals surface area contributed by atoms with E-state index in [4.69, 9.17) is 0 Å². The van der Waals surface area contributed by atoms with E-state index in [1.54, 1.807) is 5.57 Å². The fraction of sp³-hybridized carbons (Fsp3) is 0.762. The van der Waals surface area contributed by atoms with Gasteiger partial charge in [0.15, 0.2) is 5.78 Å². The zero-order valence-electron chi connectivity index (χ0n) is 15.0. The van der Waals surface area contributed by atoms with Crippen LogP contribution >= 0.6 is 11.8 Å². The Morgan fingerprint density at radius 2 is 2.12 bits per heavy atom. The van der Waals surface area contributed by atoms with Gasteiger partial charge in [0.1, 0.15) is 0 Å². The van der Waals surface area contributed by atoms with Crippen LogP contribution in [0.15, 0.2) is 23.3 Å². The molecule has 4 aliphatic carbocycles. The number of carbonyl (C=O) groups excluding carboxylic acids is 1. The summed E-state index contributed by atoms with van der Waals surface area (Å²) in [5.41, 5.74) is 3.32. The second-order valence-corrected chi connectivity index (χ2v) is 9.66. The van der Waals surface area contributed by atoms with Crippen LogP contribution in [-0.2, 0) is 4.79 Å². The molecule has 4 rings (SSSR count). The summed E-state index contributed by atoms with van der Waals surface area (Å²) in [7, 11) is 0. The number of fused-ring (bicyclic) bond motifs is 5. The highest BCUT2D eigenvalue weighted by molar-refractivity contribution is 7.98. The number of aliphatic hydroxyl groups excluding tert-OH is 1. The Labute approximate surface area is 150 Å². The number of hydrogen-bond acceptors (Lipinski definition) is 3. The van der Waals surface area contributed by atoms with Crippen molar-refractivity contribution >= 4 is 17.5 Å². The molecular weight excluding hydrogens is 316 g/mol. The molecule has 3 heteroatoms. The molecule has 2 saturated carbocycles. The van der Waals surface area contributed by atoms with Crippen LogP contribution in [0.2, 0.25) is 0 Å². The number of rotatable bonds is 3. The van der Waals surface area contributed by atoms with E-state index in [0.29, 0.717) is 24.0 Å². The molecule has 0 bridgehead atoms. The molecule has 0 spiro atoms. The van der Waals surface area contributed by atoms with Gasteiger partial charge in [-0.1, -0.05) is 24.1 Å². The van der Waals surface area contributed by atoms with Crippen LogP contribution < -0.4 is 0 Å². The van der Waals surface area contributed by atoms with E-state index >= 15 is 0 Å². The molecule has 0 heterocycles. The van der Waals surface area contributed by atoms with E-state index in [9.17, 15) is 9.90 Å². The summed E-state index contributed by atoms with van der Waals surface area (Å²) < 4.78 is 0. The van der Waals surface area contributed by atoms with Crippen LogP contribution in [0, 0.1) is 22.7 Å². The Bertz CT molecular complexity index is 607. The minimum absolute atomic E-state index is 0.0839. The van der Waals surface area contributed by atoms with Crippen LogP contribution in [0.25, 0.3) is 0 Å². The molecule has 0 aromatic carbocycles. The monoisotopic (exact) mass is 346 g/mol. The van der Waals surface area contributed by atoms with Gasteiger partial charge in [-0.25, -0.2) is 0 Å². The summed E-state index contributed by atoms with van der Waals surface area (Å²) in [6, 6.07) is 0. The average molecular weight is 347 g/mol. The summed E-state index contributed by atoms with van der Waals surface area (Å²) in [6.45, 7) is 2.31. The lowest BCUT2D eigenvalue weighted by Crippen LogP contribution is -2.46. The largest absolute Gasteiger partial charge is 0.393 e. The molecule has 0 aromatic rings. The first-order valence-electron chi connectivity index (χ1n) is 9.63. The Kier molecular flexibility index (Phi) is 4.24. The van der Waals surface area contributed by atoms with E-state index in [2.05, 4.69) is 19.3 Å². The van der Waals surface area contributed by atoms with E-state index in [0.717, 1.165) is 25.7 Å². The minimum Gasteiger partial charge on any atom is -0.393 e. The molecule has 0 unspecified atom stereocenters. The lowest BCUT2D eigenvalue weighted by Gasteiger charge is -2.54. The fourth-order valence-corrected chi connectivity index (χ4v) is 6.91. The SMILES string of the molecule is CSCC[C@]12CCC(=O)C=C1CC[C@@H]1C2=CC[C@]2(C)[C@@H](O)CC[C@@H]12. The maximum Gasteiger partial charge on any atom is 0.155 e. The number of ketones is 1. The number of carbonyl (C=O) groups is 1. The lowest BCUT2D eigenvalue weighted by atomic mass is 9.50. The van der Waals surface area contributed by atoms with Crippen molar-refractivity contribution in [3.05, 3.63) is 23.3 Å². The highest BCUT2D eigenvalue weighted by atomic mass is 32.2. The van der Waals surface area contributed by atoms with E-state index in [-0.39, 0.29) is 16.9 Å². The van der Waals surface area contributed by atoms with E-state index in [1.807, 2.05) is 17.8 Å². The van der Waals surface area contributed by atoms with Gasteiger partial charge >= 0.3 is 0 Å². The highest BCUT2D eigenvalue weighted by Crippen LogP contribution is 2.64. The first-order chi connectivity index (χ1) is 11.5. The molecule has 0 saturated heterocycles. The summed E-state index contributed by atoms with van der Waals surface area (Å²) in [5.74, 6) is 2.77. The fourth-order valence-electron chi connectivity index (χ4n) is 6.36. The molecule has 2 fully saturated rings. The van der Waals surface area contributed by atoms with Gasteiger partial charge in [-0.05, 0) is 74.9 Å². The molecular formula is C21H30O2S. The van der Waals surface area contributed by atoms with Gasteiger partial charge in [0, 0.05) is 17.3 Å². The number of aliphatic hydroxyl groups is 1. The van der Waals surface area contributed by atoms with Crippen LogP contribution in [0.1, 0.15) is 58.3 Å². The Morgan fingerprint density at radius 3 is 2.92 bits per heavy atom. The van der Waals surface area contributed by atoms with E-state index < -0.39 is 0 Å². The molecule has 0 aromatic heterocycles. The van der Waals surface area contributed by atoms with Crippen molar-refractivity contribution in [2.24, 2.45) is 22.7 Å². The van der Waals surface area contributed by atoms with Crippen molar-refractivity contribution in [2.75, 3.05) is 12.0 Å². The second-order valence-electron chi connectivity index (χ2n) is 8.68. The number of thioether (sulfide) groups is 1. The Morgan fingerprint density at radius 1 is 1.29 bits per heavy atom. The van der Waals surface area contributed by atoms with Crippen molar-refractivity contribution < 1.29 is 9.90 Å². The summed E-state index contributed by atoms with van der Waals surface area (Å²) in [6.07, 6.45) is 14.9. The predicted molar refractivity (Wildman–Crippen MR) is 100 cm³/mol. The molecule has 4 aliphatic rings. The molecule has 0 aliphatic heterocycles. The van der Waals surface area contributed by atoms with Crippen molar-refractivity contribution in [1.82, 2.24) is 0 Å². The first-order valence-corrected chi connectivity index (χ1v) is 11.0. The molecule has 1 N–H and O–H groups in total. The van der Waals surface area contributed by atoms with Crippen molar-refractivity contribution in [3.8, 4) is 0 Å². The summed E-state index contributed by atoms with van der Waals surface area (Å²) >= 11 is 1.93. The molecule has 24 heavy (non-hydrogen) atoms. The Balaban J connectivity index is 1.76. The average Bonchev–Trinajstić information content (AvgIpc) is 2.88. The van der Waals surface area contributed by atoms with Crippen molar-refractivity contribution in [2.45, 2.75) is 64.4 Å². The first kappa shape index (κ1) is 16.9. The van der Waals surface area contributed by atoms with E-state index in [1.165, 1.54) is 30.6 Å². The van der Waals surface area contributed by atoms with Gasteiger partial charge < -0.3 is 5.11 Å². The second kappa shape index (κ2) is 6.02.